The van der Waals surface area contributed by atoms with Gasteiger partial charge in [0.2, 0.25) is 0 Å². The number of carbonyl (C=O) groups is 1. The third-order valence-corrected chi connectivity index (χ3v) is 4.33. The summed E-state index contributed by atoms with van der Waals surface area (Å²) in [6.07, 6.45) is 4.56. The SMILES string of the molecule is COCCCSCC(=O)c1ccc2c(c1)CCC2. The van der Waals surface area contributed by atoms with Gasteiger partial charge in [-0.05, 0) is 48.6 Å². The van der Waals surface area contributed by atoms with E-state index in [4.69, 9.17) is 4.74 Å². The largest absolute Gasteiger partial charge is 0.385 e. The summed E-state index contributed by atoms with van der Waals surface area (Å²) in [7, 11) is 1.71. The Kier molecular flexibility index (Phi) is 5.26. The van der Waals surface area contributed by atoms with E-state index in [2.05, 4.69) is 12.1 Å². The van der Waals surface area contributed by atoms with Crippen molar-refractivity contribution in [3.8, 4) is 0 Å². The number of fused-ring (bicyclic) bond motifs is 1. The van der Waals surface area contributed by atoms with Gasteiger partial charge < -0.3 is 4.74 Å². The van der Waals surface area contributed by atoms with Crippen LogP contribution >= 0.6 is 11.8 Å². The van der Waals surface area contributed by atoms with Crippen LogP contribution in [0.1, 0.15) is 34.3 Å². The van der Waals surface area contributed by atoms with E-state index in [-0.39, 0.29) is 5.78 Å². The molecule has 0 spiro atoms. The van der Waals surface area contributed by atoms with Crippen molar-refractivity contribution in [2.24, 2.45) is 0 Å². The lowest BCUT2D eigenvalue weighted by Gasteiger charge is -2.04. The monoisotopic (exact) mass is 264 g/mol. The van der Waals surface area contributed by atoms with Crippen molar-refractivity contribution in [3.05, 3.63) is 34.9 Å². The van der Waals surface area contributed by atoms with Crippen LogP contribution < -0.4 is 0 Å². The molecule has 1 aliphatic rings. The molecular formula is C15H20O2S. The zero-order valence-electron chi connectivity index (χ0n) is 10.9. The van der Waals surface area contributed by atoms with Gasteiger partial charge in [-0.2, -0.15) is 11.8 Å². The number of rotatable bonds is 7. The fourth-order valence-corrected chi connectivity index (χ4v) is 3.12. The highest BCUT2D eigenvalue weighted by Crippen LogP contribution is 2.23. The molecule has 0 bridgehead atoms. The van der Waals surface area contributed by atoms with Crippen LogP contribution in [-0.4, -0.2) is 31.0 Å². The predicted molar refractivity (Wildman–Crippen MR) is 76.6 cm³/mol. The third-order valence-electron chi connectivity index (χ3n) is 3.29. The van der Waals surface area contributed by atoms with Crippen LogP contribution in [-0.2, 0) is 17.6 Å². The van der Waals surface area contributed by atoms with Crippen molar-refractivity contribution in [1.82, 2.24) is 0 Å². The van der Waals surface area contributed by atoms with E-state index in [1.165, 1.54) is 24.0 Å². The molecule has 0 aliphatic heterocycles. The Labute approximate surface area is 113 Å². The first-order valence-electron chi connectivity index (χ1n) is 6.53. The van der Waals surface area contributed by atoms with Gasteiger partial charge in [0.1, 0.15) is 0 Å². The zero-order valence-corrected chi connectivity index (χ0v) is 11.7. The molecule has 98 valence electrons. The second kappa shape index (κ2) is 6.95. The quantitative estimate of drug-likeness (QED) is 0.559. The normalized spacial score (nSPS) is 13.6. The highest BCUT2D eigenvalue weighted by atomic mass is 32.2. The molecule has 18 heavy (non-hydrogen) atoms. The first-order valence-corrected chi connectivity index (χ1v) is 7.68. The minimum Gasteiger partial charge on any atom is -0.385 e. The van der Waals surface area contributed by atoms with Crippen LogP contribution in [0.5, 0.6) is 0 Å². The van der Waals surface area contributed by atoms with Crippen LogP contribution in [0.4, 0.5) is 0 Å². The second-order valence-electron chi connectivity index (χ2n) is 4.66. The third kappa shape index (κ3) is 3.59. The van der Waals surface area contributed by atoms with Gasteiger partial charge in [0.25, 0.3) is 0 Å². The summed E-state index contributed by atoms with van der Waals surface area (Å²) in [6.45, 7) is 0.778. The molecule has 2 nitrogen and oxygen atoms in total. The van der Waals surface area contributed by atoms with Gasteiger partial charge in [0, 0.05) is 19.3 Å². The van der Waals surface area contributed by atoms with Crippen molar-refractivity contribution in [2.45, 2.75) is 25.7 Å². The van der Waals surface area contributed by atoms with E-state index in [0.29, 0.717) is 5.75 Å². The minimum absolute atomic E-state index is 0.257. The Hall–Kier alpha value is -0.800. The lowest BCUT2D eigenvalue weighted by molar-refractivity contribution is 0.102. The summed E-state index contributed by atoms with van der Waals surface area (Å²) in [5.41, 5.74) is 3.69. The van der Waals surface area contributed by atoms with Crippen molar-refractivity contribution < 1.29 is 9.53 Å². The van der Waals surface area contributed by atoms with Gasteiger partial charge >= 0.3 is 0 Å². The molecule has 0 saturated carbocycles. The number of Topliss-reactive ketones (excluding diaryl/α,β-unsaturated/α-hetero) is 1. The van der Waals surface area contributed by atoms with E-state index < -0.39 is 0 Å². The smallest absolute Gasteiger partial charge is 0.172 e. The molecule has 0 unspecified atom stereocenters. The molecule has 0 radical (unpaired) electrons. The highest BCUT2D eigenvalue weighted by Gasteiger charge is 2.13. The molecule has 1 aromatic rings. The maximum Gasteiger partial charge on any atom is 0.172 e. The van der Waals surface area contributed by atoms with Gasteiger partial charge in [0.15, 0.2) is 5.78 Å². The molecule has 2 rings (SSSR count). The summed E-state index contributed by atoms with van der Waals surface area (Å²) in [5.74, 6) is 1.83. The Morgan fingerprint density at radius 1 is 1.33 bits per heavy atom. The fourth-order valence-electron chi connectivity index (χ4n) is 2.30. The van der Waals surface area contributed by atoms with Crippen LogP contribution in [0.3, 0.4) is 0 Å². The van der Waals surface area contributed by atoms with Crippen molar-refractivity contribution in [3.63, 3.8) is 0 Å². The second-order valence-corrected chi connectivity index (χ2v) is 5.76. The van der Waals surface area contributed by atoms with E-state index in [9.17, 15) is 4.79 Å². The van der Waals surface area contributed by atoms with Crippen LogP contribution in [0.25, 0.3) is 0 Å². The average Bonchev–Trinajstić information content (AvgIpc) is 2.85. The molecule has 3 heteroatoms. The Morgan fingerprint density at radius 2 is 2.17 bits per heavy atom. The fraction of sp³-hybridized carbons (Fsp3) is 0.533. The number of carbonyl (C=O) groups excluding carboxylic acids is 1. The van der Waals surface area contributed by atoms with E-state index >= 15 is 0 Å². The Morgan fingerprint density at radius 3 is 3.00 bits per heavy atom. The number of hydrogen-bond acceptors (Lipinski definition) is 3. The predicted octanol–water partition coefficient (Wildman–Crippen LogP) is 3.13. The van der Waals surface area contributed by atoms with Crippen molar-refractivity contribution >= 4 is 17.5 Å². The molecule has 0 N–H and O–H groups in total. The number of aryl methyl sites for hydroxylation is 2. The van der Waals surface area contributed by atoms with Crippen molar-refractivity contribution in [1.29, 1.82) is 0 Å². The van der Waals surface area contributed by atoms with E-state index in [1.54, 1.807) is 18.9 Å². The van der Waals surface area contributed by atoms with Gasteiger partial charge in [-0.3, -0.25) is 4.79 Å². The summed E-state index contributed by atoms with van der Waals surface area (Å²) < 4.78 is 4.99. The van der Waals surface area contributed by atoms with Crippen LogP contribution in [0.15, 0.2) is 18.2 Å². The number of hydrogen-bond donors (Lipinski definition) is 0. The number of ketones is 1. The molecule has 0 amide bonds. The van der Waals surface area contributed by atoms with Crippen LogP contribution in [0, 0.1) is 0 Å². The molecule has 0 fully saturated rings. The van der Waals surface area contributed by atoms with Crippen molar-refractivity contribution in [2.75, 3.05) is 25.2 Å². The van der Waals surface area contributed by atoms with Gasteiger partial charge in [-0.15, -0.1) is 0 Å². The molecule has 1 aliphatic carbocycles. The molecule has 0 aromatic heterocycles. The van der Waals surface area contributed by atoms with E-state index in [0.717, 1.165) is 30.8 Å². The van der Waals surface area contributed by atoms with Gasteiger partial charge in [0.05, 0.1) is 5.75 Å². The number of thioether (sulfide) groups is 1. The zero-order chi connectivity index (χ0) is 12.8. The number of methoxy groups -OCH3 is 1. The summed E-state index contributed by atoms with van der Waals surface area (Å²) in [5, 5.41) is 0. The molecular weight excluding hydrogens is 244 g/mol. The summed E-state index contributed by atoms with van der Waals surface area (Å²) >= 11 is 1.70. The summed E-state index contributed by atoms with van der Waals surface area (Å²) in [4.78, 5) is 12.0. The van der Waals surface area contributed by atoms with Crippen LogP contribution in [0.2, 0.25) is 0 Å². The average molecular weight is 264 g/mol. The topological polar surface area (TPSA) is 26.3 Å². The maximum absolute atomic E-state index is 12.0. The first-order chi connectivity index (χ1) is 8.81. The Bertz CT molecular complexity index is 415. The first kappa shape index (κ1) is 13.6. The lowest BCUT2D eigenvalue weighted by atomic mass is 10.0. The maximum atomic E-state index is 12.0. The summed E-state index contributed by atoms with van der Waals surface area (Å²) in [6, 6.07) is 6.22. The molecule has 0 heterocycles. The number of benzene rings is 1. The van der Waals surface area contributed by atoms with Gasteiger partial charge in [-0.25, -0.2) is 0 Å². The standard InChI is InChI=1S/C15H20O2S/c1-17-8-3-9-18-11-15(16)14-7-6-12-4-2-5-13(12)10-14/h6-7,10H,2-5,8-9,11H2,1H3. The number of ether oxygens (including phenoxy) is 1. The van der Waals surface area contributed by atoms with Gasteiger partial charge in [-0.1, -0.05) is 12.1 Å². The molecule has 0 saturated heterocycles. The Balaban J connectivity index is 1.82. The van der Waals surface area contributed by atoms with E-state index in [1.807, 2.05) is 6.07 Å². The lowest BCUT2D eigenvalue weighted by Crippen LogP contribution is -2.04. The highest BCUT2D eigenvalue weighted by molar-refractivity contribution is 7.99. The molecule has 0 atom stereocenters. The minimum atomic E-state index is 0.257. The molecule has 1 aromatic carbocycles.